The van der Waals surface area contributed by atoms with Crippen LogP contribution in [0.2, 0.25) is 5.02 Å². The monoisotopic (exact) mass is 297 g/mol. The van der Waals surface area contributed by atoms with Crippen LogP contribution < -0.4 is 5.32 Å². The maximum absolute atomic E-state index is 12.4. The Balaban J connectivity index is 2.23. The summed E-state index contributed by atoms with van der Waals surface area (Å²) in [7, 11) is 0. The Morgan fingerprint density at radius 2 is 2.30 bits per heavy atom. The number of hydrogen-bond acceptors (Lipinski definition) is 4. The molecule has 1 fully saturated rings. The predicted octanol–water partition coefficient (Wildman–Crippen LogP) is 3.25. The normalized spacial score (nSPS) is 22.9. The van der Waals surface area contributed by atoms with Crippen molar-refractivity contribution in [1.29, 1.82) is 0 Å². The number of halogens is 1. The molecule has 0 aliphatic carbocycles. The van der Waals surface area contributed by atoms with Gasteiger partial charge >= 0.3 is 5.97 Å². The van der Waals surface area contributed by atoms with E-state index in [1.807, 2.05) is 25.1 Å². The van der Waals surface area contributed by atoms with E-state index >= 15 is 0 Å². The third-order valence-corrected chi connectivity index (χ3v) is 3.67. The van der Waals surface area contributed by atoms with Crippen LogP contribution in [0.4, 0.5) is 5.69 Å². The fourth-order valence-electron chi connectivity index (χ4n) is 2.44. The molecular formula is C15H20ClNO3. The van der Waals surface area contributed by atoms with Gasteiger partial charge in [0, 0.05) is 30.3 Å². The SMILES string of the molecule is CCOC(=O)C1(Nc2cccc(Cl)c2)CCCOCC1. The summed E-state index contributed by atoms with van der Waals surface area (Å²) in [5.74, 6) is -0.217. The summed E-state index contributed by atoms with van der Waals surface area (Å²) in [6.45, 7) is 3.42. The van der Waals surface area contributed by atoms with Crippen molar-refractivity contribution in [3.8, 4) is 0 Å². The van der Waals surface area contributed by atoms with Gasteiger partial charge in [-0.3, -0.25) is 0 Å². The van der Waals surface area contributed by atoms with Gasteiger partial charge in [0.15, 0.2) is 0 Å². The lowest BCUT2D eigenvalue weighted by atomic mass is 9.90. The number of hydrogen-bond donors (Lipinski definition) is 1. The molecule has 0 aromatic heterocycles. The molecule has 1 unspecified atom stereocenters. The van der Waals surface area contributed by atoms with Gasteiger partial charge in [0.1, 0.15) is 5.54 Å². The average molecular weight is 298 g/mol. The zero-order valence-electron chi connectivity index (χ0n) is 11.7. The number of carbonyl (C=O) groups is 1. The minimum atomic E-state index is -0.725. The maximum atomic E-state index is 12.4. The summed E-state index contributed by atoms with van der Waals surface area (Å²) in [5, 5.41) is 3.96. The fourth-order valence-corrected chi connectivity index (χ4v) is 2.63. The van der Waals surface area contributed by atoms with Crippen LogP contribution in [-0.2, 0) is 14.3 Å². The molecule has 0 amide bonds. The van der Waals surface area contributed by atoms with Gasteiger partial charge in [0.25, 0.3) is 0 Å². The van der Waals surface area contributed by atoms with E-state index in [9.17, 15) is 4.79 Å². The molecule has 1 aromatic rings. The molecule has 1 atom stereocenters. The molecule has 0 saturated carbocycles. The molecule has 1 aromatic carbocycles. The zero-order chi connectivity index (χ0) is 14.4. The second kappa shape index (κ2) is 6.95. The highest BCUT2D eigenvalue weighted by atomic mass is 35.5. The van der Waals surface area contributed by atoms with Crippen molar-refractivity contribution in [2.75, 3.05) is 25.1 Å². The molecule has 5 heteroatoms. The van der Waals surface area contributed by atoms with E-state index in [1.54, 1.807) is 6.07 Å². The molecule has 110 valence electrons. The van der Waals surface area contributed by atoms with Crippen molar-refractivity contribution in [1.82, 2.24) is 0 Å². The van der Waals surface area contributed by atoms with Gasteiger partial charge in [-0.1, -0.05) is 17.7 Å². The maximum Gasteiger partial charge on any atom is 0.331 e. The lowest BCUT2D eigenvalue weighted by molar-refractivity contribution is -0.149. The van der Waals surface area contributed by atoms with E-state index in [0.29, 0.717) is 37.7 Å². The largest absolute Gasteiger partial charge is 0.464 e. The smallest absolute Gasteiger partial charge is 0.331 e. The van der Waals surface area contributed by atoms with E-state index in [2.05, 4.69) is 5.32 Å². The summed E-state index contributed by atoms with van der Waals surface area (Å²) in [4.78, 5) is 12.4. The molecule has 1 saturated heterocycles. The molecule has 0 bridgehead atoms. The molecule has 1 aliphatic rings. The number of anilines is 1. The number of ether oxygens (including phenoxy) is 2. The number of benzene rings is 1. The summed E-state index contributed by atoms with van der Waals surface area (Å²) >= 11 is 6.00. The van der Waals surface area contributed by atoms with Gasteiger partial charge in [-0.15, -0.1) is 0 Å². The topological polar surface area (TPSA) is 47.6 Å². The minimum absolute atomic E-state index is 0.217. The molecule has 1 heterocycles. The van der Waals surface area contributed by atoms with Gasteiger partial charge in [-0.25, -0.2) is 4.79 Å². The zero-order valence-corrected chi connectivity index (χ0v) is 12.4. The Bertz CT molecular complexity index is 456. The van der Waals surface area contributed by atoms with Gasteiger partial charge in [0.05, 0.1) is 6.61 Å². The summed E-state index contributed by atoms with van der Waals surface area (Å²) in [6.07, 6.45) is 2.11. The molecule has 1 N–H and O–H groups in total. The van der Waals surface area contributed by atoms with Crippen LogP contribution in [0.5, 0.6) is 0 Å². The third kappa shape index (κ3) is 3.64. The Morgan fingerprint density at radius 3 is 3.05 bits per heavy atom. The average Bonchev–Trinajstić information content (AvgIpc) is 2.66. The first-order chi connectivity index (χ1) is 9.66. The van der Waals surface area contributed by atoms with Crippen LogP contribution in [0, 0.1) is 0 Å². The first kappa shape index (κ1) is 15.1. The quantitative estimate of drug-likeness (QED) is 0.867. The van der Waals surface area contributed by atoms with Crippen LogP contribution in [0.3, 0.4) is 0 Å². The van der Waals surface area contributed by atoms with Gasteiger partial charge in [-0.05, 0) is 38.0 Å². The van der Waals surface area contributed by atoms with Crippen LogP contribution in [0.1, 0.15) is 26.2 Å². The number of rotatable bonds is 4. The van der Waals surface area contributed by atoms with E-state index < -0.39 is 5.54 Å². The highest BCUT2D eigenvalue weighted by molar-refractivity contribution is 6.30. The first-order valence-corrected chi connectivity index (χ1v) is 7.33. The van der Waals surface area contributed by atoms with E-state index in [1.165, 1.54) is 0 Å². The van der Waals surface area contributed by atoms with Crippen LogP contribution >= 0.6 is 11.6 Å². The molecule has 4 nitrogen and oxygen atoms in total. The fraction of sp³-hybridized carbons (Fsp3) is 0.533. The molecule has 0 spiro atoms. The number of carbonyl (C=O) groups excluding carboxylic acids is 1. The van der Waals surface area contributed by atoms with Gasteiger partial charge in [-0.2, -0.15) is 0 Å². The first-order valence-electron chi connectivity index (χ1n) is 6.95. The van der Waals surface area contributed by atoms with Crippen molar-refractivity contribution < 1.29 is 14.3 Å². The van der Waals surface area contributed by atoms with Crippen molar-refractivity contribution in [2.45, 2.75) is 31.7 Å². The second-order valence-corrected chi connectivity index (χ2v) is 5.34. The molecule has 1 aliphatic heterocycles. The highest BCUT2D eigenvalue weighted by Gasteiger charge is 2.40. The third-order valence-electron chi connectivity index (χ3n) is 3.44. The lowest BCUT2D eigenvalue weighted by Gasteiger charge is -2.32. The Hall–Kier alpha value is -1.26. The second-order valence-electron chi connectivity index (χ2n) is 4.90. The van der Waals surface area contributed by atoms with E-state index in [4.69, 9.17) is 21.1 Å². The summed E-state index contributed by atoms with van der Waals surface area (Å²) in [6, 6.07) is 7.38. The van der Waals surface area contributed by atoms with E-state index in [-0.39, 0.29) is 5.97 Å². The van der Waals surface area contributed by atoms with Crippen molar-refractivity contribution >= 4 is 23.3 Å². The Labute approximate surface area is 124 Å². The minimum Gasteiger partial charge on any atom is -0.464 e. The van der Waals surface area contributed by atoms with Gasteiger partial charge < -0.3 is 14.8 Å². The van der Waals surface area contributed by atoms with Crippen LogP contribution in [-0.4, -0.2) is 31.3 Å². The van der Waals surface area contributed by atoms with Crippen molar-refractivity contribution in [2.24, 2.45) is 0 Å². The predicted molar refractivity (Wildman–Crippen MR) is 79.1 cm³/mol. The highest BCUT2D eigenvalue weighted by Crippen LogP contribution is 2.29. The summed E-state index contributed by atoms with van der Waals surface area (Å²) < 4.78 is 10.7. The molecular weight excluding hydrogens is 278 g/mol. The van der Waals surface area contributed by atoms with Crippen LogP contribution in [0.25, 0.3) is 0 Å². The molecule has 0 radical (unpaired) electrons. The van der Waals surface area contributed by atoms with Crippen molar-refractivity contribution in [3.05, 3.63) is 29.3 Å². The van der Waals surface area contributed by atoms with Crippen LogP contribution in [0.15, 0.2) is 24.3 Å². The lowest BCUT2D eigenvalue weighted by Crippen LogP contribution is -2.47. The summed E-state index contributed by atoms with van der Waals surface area (Å²) in [5.41, 5.74) is 0.101. The number of nitrogens with one attached hydrogen (secondary N) is 1. The standard InChI is InChI=1S/C15H20ClNO3/c1-2-20-14(18)15(7-4-9-19-10-8-15)17-13-6-3-5-12(16)11-13/h3,5-6,11,17H,2,4,7-10H2,1H3. The Morgan fingerprint density at radius 1 is 1.45 bits per heavy atom. The number of esters is 1. The molecule has 20 heavy (non-hydrogen) atoms. The van der Waals surface area contributed by atoms with Gasteiger partial charge in [0.2, 0.25) is 0 Å². The van der Waals surface area contributed by atoms with Crippen molar-refractivity contribution in [3.63, 3.8) is 0 Å². The van der Waals surface area contributed by atoms with E-state index in [0.717, 1.165) is 12.1 Å². The molecule has 2 rings (SSSR count). The Kier molecular flexibility index (Phi) is 5.26.